The van der Waals surface area contributed by atoms with Crippen LogP contribution in [0.4, 0.5) is 0 Å². The highest BCUT2D eigenvalue weighted by atomic mass is 16.3. The van der Waals surface area contributed by atoms with Gasteiger partial charge in [0, 0.05) is 6.07 Å². The molecule has 2 aromatic rings. The first-order valence-electron chi connectivity index (χ1n) is 4.39. The molecule has 0 saturated heterocycles. The third-order valence-corrected chi connectivity index (χ3v) is 2.07. The first-order valence-corrected chi connectivity index (χ1v) is 4.39. The van der Waals surface area contributed by atoms with Crippen molar-refractivity contribution in [2.45, 2.75) is 6.92 Å². The van der Waals surface area contributed by atoms with Gasteiger partial charge in [-0.2, -0.15) is 0 Å². The maximum atomic E-state index is 10.8. The Balaban J connectivity index is 2.58. The molecule has 5 heteroatoms. The van der Waals surface area contributed by atoms with Gasteiger partial charge in [-0.3, -0.25) is 4.79 Å². The Bertz CT molecular complexity index is 505. The molecule has 76 valence electrons. The van der Waals surface area contributed by atoms with Gasteiger partial charge in [0.2, 0.25) is 0 Å². The fourth-order valence-electron chi connectivity index (χ4n) is 1.32. The Labute approximate surface area is 86.0 Å². The minimum absolute atomic E-state index is 0.123. The molecule has 0 bridgehead atoms. The highest BCUT2D eigenvalue weighted by molar-refractivity contribution is 5.74. The molecule has 1 aromatic heterocycles. The largest absolute Gasteiger partial charge is 0.508 e. The zero-order valence-electron chi connectivity index (χ0n) is 8.08. The van der Waals surface area contributed by atoms with Crippen LogP contribution in [0.5, 0.6) is 5.75 Å². The zero-order valence-corrected chi connectivity index (χ0v) is 8.08. The van der Waals surface area contributed by atoms with Crippen molar-refractivity contribution in [1.82, 2.24) is 15.0 Å². The molecule has 0 unspecified atom stereocenters. The van der Waals surface area contributed by atoms with E-state index in [0.29, 0.717) is 23.4 Å². The molecule has 0 spiro atoms. The number of aromatic nitrogens is 3. The van der Waals surface area contributed by atoms with Gasteiger partial charge in [-0.15, -0.1) is 5.10 Å². The Kier molecular flexibility index (Phi) is 2.21. The summed E-state index contributed by atoms with van der Waals surface area (Å²) in [4.78, 5) is 10.8. The Morgan fingerprint density at radius 1 is 1.47 bits per heavy atom. The molecule has 0 radical (unpaired) electrons. The van der Waals surface area contributed by atoms with Crippen molar-refractivity contribution in [3.8, 4) is 11.4 Å². The maximum absolute atomic E-state index is 10.8. The van der Waals surface area contributed by atoms with Crippen LogP contribution < -0.4 is 0 Å². The van der Waals surface area contributed by atoms with Gasteiger partial charge in [-0.05, 0) is 19.1 Å². The van der Waals surface area contributed by atoms with Crippen LogP contribution >= 0.6 is 0 Å². The molecule has 0 fully saturated rings. The number of hydrogen-bond donors (Lipinski definition) is 1. The molecule has 1 aromatic carbocycles. The third-order valence-electron chi connectivity index (χ3n) is 2.07. The van der Waals surface area contributed by atoms with Crippen LogP contribution in [0.15, 0.2) is 24.3 Å². The van der Waals surface area contributed by atoms with Gasteiger partial charge in [0.05, 0.1) is 11.4 Å². The van der Waals surface area contributed by atoms with Gasteiger partial charge in [0.1, 0.15) is 11.4 Å². The van der Waals surface area contributed by atoms with Crippen molar-refractivity contribution in [2.24, 2.45) is 0 Å². The predicted octanol–water partition coefficient (Wildman–Crippen LogP) is 1.09. The average Bonchev–Trinajstić information content (AvgIpc) is 2.59. The van der Waals surface area contributed by atoms with Crippen molar-refractivity contribution >= 4 is 6.29 Å². The van der Waals surface area contributed by atoms with Crippen LogP contribution in [0.25, 0.3) is 5.69 Å². The predicted molar refractivity (Wildman–Crippen MR) is 53.1 cm³/mol. The van der Waals surface area contributed by atoms with E-state index in [-0.39, 0.29) is 5.75 Å². The molecule has 0 aliphatic heterocycles. The summed E-state index contributed by atoms with van der Waals surface area (Å²) in [7, 11) is 0. The fraction of sp³-hybridized carbons (Fsp3) is 0.100. The number of benzene rings is 1. The quantitative estimate of drug-likeness (QED) is 0.742. The fourth-order valence-corrected chi connectivity index (χ4v) is 1.32. The van der Waals surface area contributed by atoms with E-state index in [2.05, 4.69) is 10.3 Å². The molecular weight excluding hydrogens is 194 g/mol. The minimum atomic E-state index is 0.123. The number of nitrogens with zero attached hydrogens (tertiary/aromatic N) is 3. The van der Waals surface area contributed by atoms with Gasteiger partial charge in [-0.1, -0.05) is 11.3 Å². The number of aromatic hydroxyl groups is 1. The highest BCUT2D eigenvalue weighted by Gasteiger charge is 2.09. The number of aryl methyl sites for hydroxylation is 1. The van der Waals surface area contributed by atoms with E-state index in [1.807, 2.05) is 0 Å². The van der Waals surface area contributed by atoms with E-state index in [0.717, 1.165) is 0 Å². The Hall–Kier alpha value is -2.17. The molecular formula is C10H9N3O2. The number of rotatable bonds is 2. The van der Waals surface area contributed by atoms with E-state index in [9.17, 15) is 9.90 Å². The molecule has 0 saturated carbocycles. The number of aldehydes is 1. The van der Waals surface area contributed by atoms with Crippen LogP contribution in [-0.2, 0) is 0 Å². The summed E-state index contributed by atoms with van der Waals surface area (Å²) < 4.78 is 1.39. The zero-order chi connectivity index (χ0) is 10.8. The summed E-state index contributed by atoms with van der Waals surface area (Å²) in [6.07, 6.45) is 0.694. The number of carbonyl (C=O) groups is 1. The minimum Gasteiger partial charge on any atom is -0.508 e. The lowest BCUT2D eigenvalue weighted by Crippen LogP contribution is -2.01. The molecule has 0 aliphatic carbocycles. The van der Waals surface area contributed by atoms with Crippen molar-refractivity contribution in [2.75, 3.05) is 0 Å². The van der Waals surface area contributed by atoms with Crippen LogP contribution in [0, 0.1) is 6.92 Å². The van der Waals surface area contributed by atoms with E-state index < -0.39 is 0 Å². The second-order valence-corrected chi connectivity index (χ2v) is 3.11. The lowest BCUT2D eigenvalue weighted by molar-refractivity contribution is 0.111. The summed E-state index contributed by atoms with van der Waals surface area (Å²) in [6, 6.07) is 6.48. The summed E-state index contributed by atoms with van der Waals surface area (Å²) in [5.74, 6) is 0.123. The smallest absolute Gasteiger partial charge is 0.170 e. The summed E-state index contributed by atoms with van der Waals surface area (Å²) in [6.45, 7) is 1.70. The molecule has 2 rings (SSSR count). The monoisotopic (exact) mass is 203 g/mol. The number of hydrogen-bond acceptors (Lipinski definition) is 4. The van der Waals surface area contributed by atoms with E-state index >= 15 is 0 Å². The molecule has 15 heavy (non-hydrogen) atoms. The van der Waals surface area contributed by atoms with Crippen molar-refractivity contribution in [3.05, 3.63) is 35.7 Å². The molecule has 0 amide bonds. The lowest BCUT2D eigenvalue weighted by atomic mass is 10.3. The van der Waals surface area contributed by atoms with Gasteiger partial charge in [0.25, 0.3) is 0 Å². The number of phenols is 1. The summed E-state index contributed by atoms with van der Waals surface area (Å²) in [5, 5.41) is 16.9. The average molecular weight is 203 g/mol. The first-order chi connectivity index (χ1) is 7.22. The lowest BCUT2D eigenvalue weighted by Gasteiger charge is -2.02. The molecule has 1 N–H and O–H groups in total. The normalized spacial score (nSPS) is 10.2. The molecule has 0 aliphatic rings. The molecule has 1 heterocycles. The van der Waals surface area contributed by atoms with Crippen LogP contribution in [0.3, 0.4) is 0 Å². The van der Waals surface area contributed by atoms with E-state index in [1.54, 1.807) is 25.1 Å². The van der Waals surface area contributed by atoms with E-state index in [1.165, 1.54) is 10.7 Å². The van der Waals surface area contributed by atoms with Crippen LogP contribution in [0.1, 0.15) is 16.2 Å². The number of carbonyl (C=O) groups excluding carboxylic acids is 1. The topological polar surface area (TPSA) is 68.0 Å². The van der Waals surface area contributed by atoms with Crippen molar-refractivity contribution in [3.63, 3.8) is 0 Å². The molecule has 5 nitrogen and oxygen atoms in total. The Morgan fingerprint density at radius 2 is 2.27 bits per heavy atom. The van der Waals surface area contributed by atoms with Crippen LogP contribution in [-0.4, -0.2) is 26.4 Å². The van der Waals surface area contributed by atoms with E-state index in [4.69, 9.17) is 0 Å². The highest BCUT2D eigenvalue weighted by Crippen LogP contribution is 2.16. The van der Waals surface area contributed by atoms with Gasteiger partial charge in [-0.25, -0.2) is 4.68 Å². The number of phenolic OH excluding ortho intramolecular Hbond substituents is 1. The van der Waals surface area contributed by atoms with Gasteiger partial charge < -0.3 is 5.11 Å². The molecule has 0 atom stereocenters. The van der Waals surface area contributed by atoms with Crippen molar-refractivity contribution < 1.29 is 9.90 Å². The maximum Gasteiger partial charge on any atom is 0.170 e. The standard InChI is InChI=1S/C10H9N3O2/c1-7-10(6-14)13(12-11-7)8-3-2-4-9(15)5-8/h2-6,15H,1H3. The SMILES string of the molecule is Cc1nnn(-c2cccc(O)c2)c1C=O. The van der Waals surface area contributed by atoms with Crippen LogP contribution in [0.2, 0.25) is 0 Å². The second-order valence-electron chi connectivity index (χ2n) is 3.11. The van der Waals surface area contributed by atoms with Gasteiger partial charge >= 0.3 is 0 Å². The third kappa shape index (κ3) is 1.59. The van der Waals surface area contributed by atoms with Crippen molar-refractivity contribution in [1.29, 1.82) is 0 Å². The summed E-state index contributed by atoms with van der Waals surface area (Å²) in [5.41, 5.74) is 1.56. The Morgan fingerprint density at radius 3 is 2.93 bits per heavy atom. The summed E-state index contributed by atoms with van der Waals surface area (Å²) >= 11 is 0. The van der Waals surface area contributed by atoms with Gasteiger partial charge in [0.15, 0.2) is 6.29 Å². The first kappa shape index (κ1) is 9.39. The second kappa shape index (κ2) is 3.53.